The third-order valence-electron chi connectivity index (χ3n) is 1.90. The number of hydrogen-bond acceptors (Lipinski definition) is 2. The average molecular weight is 176 g/mol. The Morgan fingerprint density at radius 2 is 2.46 bits per heavy atom. The minimum Gasteiger partial charge on any atom is -0.461 e. The van der Waals surface area contributed by atoms with E-state index in [-0.39, 0.29) is 0 Å². The van der Waals surface area contributed by atoms with Crippen molar-refractivity contribution in [3.05, 3.63) is 30.3 Å². The second kappa shape index (κ2) is 3.47. The molecule has 0 fully saturated rings. The molecular formula is C10H12N2O. The van der Waals surface area contributed by atoms with Crippen LogP contribution < -0.4 is 0 Å². The number of H-pyrrole nitrogens is 1. The molecule has 2 aromatic rings. The van der Waals surface area contributed by atoms with E-state index in [2.05, 4.69) is 16.9 Å². The lowest BCUT2D eigenvalue weighted by Crippen LogP contribution is -1.82. The first-order chi connectivity index (χ1) is 6.40. The van der Waals surface area contributed by atoms with E-state index in [1.807, 2.05) is 18.3 Å². The van der Waals surface area contributed by atoms with Gasteiger partial charge in [0.05, 0.1) is 6.26 Å². The summed E-state index contributed by atoms with van der Waals surface area (Å²) in [6.07, 6.45) is 5.67. The Labute approximate surface area is 76.8 Å². The first-order valence-corrected chi connectivity index (χ1v) is 4.48. The Morgan fingerprint density at radius 1 is 1.54 bits per heavy atom. The summed E-state index contributed by atoms with van der Waals surface area (Å²) in [6.45, 7) is 2.15. The predicted molar refractivity (Wildman–Crippen MR) is 50.3 cm³/mol. The summed E-state index contributed by atoms with van der Waals surface area (Å²) in [5.41, 5.74) is 1.16. The number of nitrogens with zero attached hydrogens (tertiary/aromatic N) is 1. The summed E-state index contributed by atoms with van der Waals surface area (Å²) in [4.78, 5) is 7.44. The van der Waals surface area contributed by atoms with Gasteiger partial charge in [-0.2, -0.15) is 0 Å². The molecule has 0 aliphatic carbocycles. The fourth-order valence-corrected chi connectivity index (χ4v) is 1.29. The lowest BCUT2D eigenvalue weighted by atomic mass is 10.3. The van der Waals surface area contributed by atoms with Crippen molar-refractivity contribution in [1.82, 2.24) is 9.97 Å². The SMILES string of the molecule is CCCc1cnc(-c2ccco2)[nH]1. The van der Waals surface area contributed by atoms with Gasteiger partial charge in [0.15, 0.2) is 11.6 Å². The van der Waals surface area contributed by atoms with E-state index >= 15 is 0 Å². The molecule has 0 bridgehead atoms. The van der Waals surface area contributed by atoms with E-state index in [9.17, 15) is 0 Å². The van der Waals surface area contributed by atoms with Gasteiger partial charge in [-0.25, -0.2) is 4.98 Å². The molecule has 0 radical (unpaired) electrons. The molecule has 1 N–H and O–H groups in total. The maximum absolute atomic E-state index is 5.22. The van der Waals surface area contributed by atoms with Crippen molar-refractivity contribution < 1.29 is 4.42 Å². The molecule has 0 unspecified atom stereocenters. The van der Waals surface area contributed by atoms with Gasteiger partial charge in [0.25, 0.3) is 0 Å². The minimum atomic E-state index is 0.794. The molecule has 0 saturated carbocycles. The van der Waals surface area contributed by atoms with Crippen molar-refractivity contribution in [2.75, 3.05) is 0 Å². The van der Waals surface area contributed by atoms with Gasteiger partial charge < -0.3 is 9.40 Å². The Balaban J connectivity index is 2.23. The highest BCUT2D eigenvalue weighted by Gasteiger charge is 2.04. The highest BCUT2D eigenvalue weighted by Crippen LogP contribution is 2.15. The lowest BCUT2D eigenvalue weighted by molar-refractivity contribution is 0.578. The molecule has 0 aliphatic rings. The van der Waals surface area contributed by atoms with Crippen LogP contribution in [-0.2, 0) is 6.42 Å². The number of aryl methyl sites for hydroxylation is 1. The minimum absolute atomic E-state index is 0.794. The molecule has 0 atom stereocenters. The van der Waals surface area contributed by atoms with Crippen LogP contribution >= 0.6 is 0 Å². The van der Waals surface area contributed by atoms with Crippen LogP contribution in [0.3, 0.4) is 0 Å². The number of aromatic nitrogens is 2. The van der Waals surface area contributed by atoms with Crippen molar-refractivity contribution in [3.63, 3.8) is 0 Å². The van der Waals surface area contributed by atoms with Crippen LogP contribution in [0.4, 0.5) is 0 Å². The predicted octanol–water partition coefficient (Wildman–Crippen LogP) is 2.62. The van der Waals surface area contributed by atoms with Crippen LogP contribution in [0, 0.1) is 0 Å². The summed E-state index contributed by atoms with van der Waals surface area (Å²) >= 11 is 0. The third kappa shape index (κ3) is 1.64. The first kappa shape index (κ1) is 8.10. The van der Waals surface area contributed by atoms with E-state index in [0.29, 0.717) is 0 Å². The number of aromatic amines is 1. The van der Waals surface area contributed by atoms with Crippen molar-refractivity contribution in [2.24, 2.45) is 0 Å². The number of furan rings is 1. The molecule has 3 nitrogen and oxygen atoms in total. The fraction of sp³-hybridized carbons (Fsp3) is 0.300. The lowest BCUT2D eigenvalue weighted by Gasteiger charge is -1.90. The molecule has 2 heterocycles. The average Bonchev–Trinajstić information content (AvgIpc) is 2.70. The van der Waals surface area contributed by atoms with Crippen LogP contribution in [0.1, 0.15) is 19.0 Å². The molecule has 0 spiro atoms. The van der Waals surface area contributed by atoms with Crippen LogP contribution in [0.5, 0.6) is 0 Å². The van der Waals surface area contributed by atoms with Gasteiger partial charge in [0, 0.05) is 11.9 Å². The summed E-state index contributed by atoms with van der Waals surface area (Å²) in [6, 6.07) is 3.76. The van der Waals surface area contributed by atoms with E-state index in [1.165, 1.54) is 0 Å². The largest absolute Gasteiger partial charge is 0.461 e. The van der Waals surface area contributed by atoms with Gasteiger partial charge in [-0.15, -0.1) is 0 Å². The summed E-state index contributed by atoms with van der Waals surface area (Å²) in [7, 11) is 0. The highest BCUT2D eigenvalue weighted by atomic mass is 16.3. The zero-order valence-electron chi connectivity index (χ0n) is 7.58. The molecule has 68 valence electrons. The van der Waals surface area contributed by atoms with Crippen molar-refractivity contribution in [3.8, 4) is 11.6 Å². The third-order valence-corrected chi connectivity index (χ3v) is 1.90. The first-order valence-electron chi connectivity index (χ1n) is 4.48. The molecule has 2 aromatic heterocycles. The standard InChI is InChI=1S/C10H12N2O/c1-2-4-8-7-11-10(12-8)9-5-3-6-13-9/h3,5-7H,2,4H2,1H3,(H,11,12). The zero-order valence-corrected chi connectivity index (χ0v) is 7.58. The number of imidazole rings is 1. The monoisotopic (exact) mass is 176 g/mol. The van der Waals surface area contributed by atoms with Gasteiger partial charge in [0.2, 0.25) is 0 Å². The maximum atomic E-state index is 5.22. The van der Waals surface area contributed by atoms with E-state index in [4.69, 9.17) is 4.42 Å². The molecule has 13 heavy (non-hydrogen) atoms. The molecule has 0 aromatic carbocycles. The fourth-order valence-electron chi connectivity index (χ4n) is 1.29. The molecule has 0 saturated heterocycles. The molecule has 2 rings (SSSR count). The molecule has 3 heteroatoms. The van der Waals surface area contributed by atoms with Gasteiger partial charge in [-0.3, -0.25) is 0 Å². The Kier molecular flexibility index (Phi) is 2.17. The van der Waals surface area contributed by atoms with Gasteiger partial charge in [0.1, 0.15) is 0 Å². The molecular weight excluding hydrogens is 164 g/mol. The maximum Gasteiger partial charge on any atom is 0.173 e. The Morgan fingerprint density at radius 3 is 3.15 bits per heavy atom. The van der Waals surface area contributed by atoms with E-state index < -0.39 is 0 Å². The summed E-state index contributed by atoms with van der Waals surface area (Å²) in [5.74, 6) is 1.61. The van der Waals surface area contributed by atoms with Crippen molar-refractivity contribution >= 4 is 0 Å². The Hall–Kier alpha value is -1.51. The molecule has 0 amide bonds. The topological polar surface area (TPSA) is 41.8 Å². The Bertz CT molecular complexity index is 362. The van der Waals surface area contributed by atoms with Gasteiger partial charge >= 0.3 is 0 Å². The van der Waals surface area contributed by atoms with Crippen molar-refractivity contribution in [2.45, 2.75) is 19.8 Å². The zero-order chi connectivity index (χ0) is 9.10. The second-order valence-corrected chi connectivity index (χ2v) is 2.98. The van der Waals surface area contributed by atoms with Crippen molar-refractivity contribution in [1.29, 1.82) is 0 Å². The van der Waals surface area contributed by atoms with E-state index in [0.717, 1.165) is 30.1 Å². The number of rotatable bonds is 3. The summed E-state index contributed by atoms with van der Waals surface area (Å²) in [5, 5.41) is 0. The smallest absolute Gasteiger partial charge is 0.173 e. The van der Waals surface area contributed by atoms with Gasteiger partial charge in [-0.1, -0.05) is 13.3 Å². The van der Waals surface area contributed by atoms with Crippen LogP contribution in [0.2, 0.25) is 0 Å². The number of nitrogens with one attached hydrogen (secondary N) is 1. The number of hydrogen-bond donors (Lipinski definition) is 1. The highest BCUT2D eigenvalue weighted by molar-refractivity contribution is 5.46. The van der Waals surface area contributed by atoms with Crippen LogP contribution in [0.25, 0.3) is 11.6 Å². The van der Waals surface area contributed by atoms with Crippen LogP contribution in [-0.4, -0.2) is 9.97 Å². The van der Waals surface area contributed by atoms with Crippen LogP contribution in [0.15, 0.2) is 29.0 Å². The van der Waals surface area contributed by atoms with Gasteiger partial charge in [-0.05, 0) is 18.6 Å². The molecule has 0 aliphatic heterocycles. The summed E-state index contributed by atoms with van der Waals surface area (Å²) < 4.78 is 5.22. The normalized spacial score (nSPS) is 10.5. The quantitative estimate of drug-likeness (QED) is 0.781. The second-order valence-electron chi connectivity index (χ2n) is 2.98. The van der Waals surface area contributed by atoms with E-state index in [1.54, 1.807) is 6.26 Å².